The van der Waals surface area contributed by atoms with E-state index in [9.17, 15) is 35.7 Å². The van der Waals surface area contributed by atoms with Crippen molar-refractivity contribution in [2.75, 3.05) is 13.2 Å². The van der Waals surface area contributed by atoms with Crippen molar-refractivity contribution in [2.45, 2.75) is 98.2 Å². The van der Waals surface area contributed by atoms with Crippen LogP contribution >= 0.6 is 0 Å². The first-order valence-electron chi connectivity index (χ1n) is 10.8. The molecular weight excluding hydrogens is 448 g/mol. The minimum atomic E-state index is -1.66. The van der Waals surface area contributed by atoms with Crippen LogP contribution in [0.2, 0.25) is 0 Å². The van der Waals surface area contributed by atoms with Gasteiger partial charge in [-0.15, -0.1) is 0 Å². The van der Waals surface area contributed by atoms with Crippen LogP contribution in [0.15, 0.2) is 0 Å². The van der Waals surface area contributed by atoms with Crippen LogP contribution in [0.4, 0.5) is 0 Å². The molecule has 33 heavy (non-hydrogen) atoms. The minimum absolute atomic E-state index is 0.0945. The van der Waals surface area contributed by atoms with Crippen LogP contribution in [0.25, 0.3) is 0 Å². The average Bonchev–Trinajstić information content (AvgIpc) is 2.79. The molecule has 15 N–H and O–H groups in total. The minimum Gasteiger partial charge on any atom is -0.394 e. The summed E-state index contributed by atoms with van der Waals surface area (Å²) in [5.41, 5.74) is 23.6. The van der Waals surface area contributed by atoms with E-state index < -0.39 is 98.4 Å². The monoisotopic (exact) mass is 484 g/mol. The summed E-state index contributed by atoms with van der Waals surface area (Å²) in [5.74, 6) is 0. The third-order valence-electron chi connectivity index (χ3n) is 6.47. The van der Waals surface area contributed by atoms with Gasteiger partial charge in [-0.3, -0.25) is 0 Å². The molecule has 0 radical (unpaired) electrons. The molecule has 1 saturated carbocycles. The molecule has 3 fully saturated rings. The van der Waals surface area contributed by atoms with E-state index in [0.717, 1.165) is 0 Å². The number of rotatable bonds is 6. The maximum absolute atomic E-state index is 10.9. The molecule has 0 bridgehead atoms. The first-order chi connectivity index (χ1) is 15.5. The largest absolute Gasteiger partial charge is 0.394 e. The van der Waals surface area contributed by atoms with Gasteiger partial charge in [-0.1, -0.05) is 0 Å². The molecule has 194 valence electrons. The zero-order valence-electron chi connectivity index (χ0n) is 17.9. The van der Waals surface area contributed by atoms with Crippen LogP contribution in [0.1, 0.15) is 6.42 Å². The van der Waals surface area contributed by atoms with Crippen molar-refractivity contribution in [3.8, 4) is 0 Å². The van der Waals surface area contributed by atoms with Gasteiger partial charge in [-0.2, -0.15) is 0 Å². The van der Waals surface area contributed by atoms with E-state index in [1.165, 1.54) is 0 Å². The first kappa shape index (κ1) is 27.0. The second kappa shape index (κ2) is 11.0. The summed E-state index contributed by atoms with van der Waals surface area (Å²) < 4.78 is 22.3. The Kier molecular flexibility index (Phi) is 8.99. The molecule has 0 aromatic heterocycles. The number of nitrogens with two attached hydrogens (primary N) is 4. The van der Waals surface area contributed by atoms with Gasteiger partial charge in [-0.25, -0.2) is 0 Å². The second-order valence-corrected chi connectivity index (χ2v) is 8.79. The quantitative estimate of drug-likeness (QED) is 0.167. The number of hydrogen-bond donors (Lipinski definition) is 11. The molecule has 0 unspecified atom stereocenters. The Balaban J connectivity index is 1.72. The number of aliphatic hydroxyl groups excluding tert-OH is 7. The highest BCUT2D eigenvalue weighted by atomic mass is 16.7. The molecule has 0 aromatic rings. The van der Waals surface area contributed by atoms with Crippen LogP contribution in [0.3, 0.4) is 0 Å². The SMILES string of the molecule is NC[C@H]1O[C@H](O[C@@H]2[C@@H](O)[C@H](O[C@H]3O[C@@H](CO)[C@H](O)[C@@H](O)[C@@H]3N)[C@@H](N)C[C@H]2N)[C@H](O)[C@@H](O)[C@@H]1O. The Morgan fingerprint density at radius 3 is 1.73 bits per heavy atom. The lowest BCUT2D eigenvalue weighted by Crippen LogP contribution is -2.68. The lowest BCUT2D eigenvalue weighted by Gasteiger charge is -2.48. The van der Waals surface area contributed by atoms with Gasteiger partial charge in [0.15, 0.2) is 12.6 Å². The first-order valence-corrected chi connectivity index (χ1v) is 10.8. The maximum Gasteiger partial charge on any atom is 0.187 e. The smallest absolute Gasteiger partial charge is 0.187 e. The maximum atomic E-state index is 10.9. The van der Waals surface area contributed by atoms with Crippen LogP contribution in [0.5, 0.6) is 0 Å². The highest BCUT2D eigenvalue weighted by Gasteiger charge is 2.51. The Labute approximate surface area is 189 Å². The van der Waals surface area contributed by atoms with E-state index in [-0.39, 0.29) is 13.0 Å². The normalized spacial score (nSPS) is 53.7. The van der Waals surface area contributed by atoms with Crippen LogP contribution in [0, 0.1) is 0 Å². The molecule has 3 aliphatic rings. The van der Waals surface area contributed by atoms with Crippen LogP contribution in [-0.4, -0.2) is 141 Å². The van der Waals surface area contributed by atoms with Gasteiger partial charge in [0.2, 0.25) is 0 Å². The topological polar surface area (TPSA) is 283 Å². The molecular formula is C18H36N4O11. The van der Waals surface area contributed by atoms with E-state index in [4.69, 9.17) is 41.9 Å². The van der Waals surface area contributed by atoms with E-state index in [0.29, 0.717) is 0 Å². The molecule has 0 amide bonds. The van der Waals surface area contributed by atoms with E-state index in [1.807, 2.05) is 0 Å². The molecule has 0 spiro atoms. The van der Waals surface area contributed by atoms with Crippen molar-refractivity contribution in [3.63, 3.8) is 0 Å². The van der Waals surface area contributed by atoms with Crippen molar-refractivity contribution < 1.29 is 54.7 Å². The summed E-state index contributed by atoms with van der Waals surface area (Å²) in [6, 6.07) is -2.87. The predicted molar refractivity (Wildman–Crippen MR) is 108 cm³/mol. The van der Waals surface area contributed by atoms with Crippen LogP contribution in [-0.2, 0) is 18.9 Å². The van der Waals surface area contributed by atoms with Crippen molar-refractivity contribution >= 4 is 0 Å². The van der Waals surface area contributed by atoms with E-state index in [2.05, 4.69) is 0 Å². The Morgan fingerprint density at radius 2 is 1.18 bits per heavy atom. The van der Waals surface area contributed by atoms with Gasteiger partial charge >= 0.3 is 0 Å². The molecule has 0 aromatic carbocycles. The van der Waals surface area contributed by atoms with E-state index >= 15 is 0 Å². The summed E-state index contributed by atoms with van der Waals surface area (Å²) >= 11 is 0. The van der Waals surface area contributed by atoms with E-state index in [1.54, 1.807) is 0 Å². The highest BCUT2D eigenvalue weighted by molar-refractivity contribution is 5.01. The molecule has 15 nitrogen and oxygen atoms in total. The fourth-order valence-corrected chi connectivity index (χ4v) is 4.40. The zero-order chi connectivity index (χ0) is 24.6. The third-order valence-corrected chi connectivity index (χ3v) is 6.47. The number of ether oxygens (including phenoxy) is 4. The fraction of sp³-hybridized carbons (Fsp3) is 1.00. The standard InChI is InChI=1S/C18H36N4O11/c19-2-6-9(24)12(27)13(28)18(30-6)33-16-5(21)1-4(20)15(14(16)29)32-17-8(22)11(26)10(25)7(3-23)31-17/h4-18,23-29H,1-3,19-22H2/t4-,5+,6+,7-,8-,9+,10-,11-,12-,13+,14-,15+,16-,17+,18+/m0/s1. The Bertz CT molecular complexity index is 584. The lowest BCUT2D eigenvalue weighted by atomic mass is 9.84. The highest BCUT2D eigenvalue weighted by Crippen LogP contribution is 2.31. The summed E-state index contributed by atoms with van der Waals surface area (Å²) in [5, 5.41) is 70.6. The van der Waals surface area contributed by atoms with Gasteiger partial charge in [0.1, 0.15) is 61.0 Å². The third kappa shape index (κ3) is 5.32. The lowest BCUT2D eigenvalue weighted by molar-refractivity contribution is -0.328. The number of aliphatic hydroxyl groups is 7. The predicted octanol–water partition coefficient (Wildman–Crippen LogP) is -7.29. The van der Waals surface area contributed by atoms with Crippen molar-refractivity contribution in [1.82, 2.24) is 0 Å². The van der Waals surface area contributed by atoms with Gasteiger partial charge in [0.25, 0.3) is 0 Å². The van der Waals surface area contributed by atoms with Crippen molar-refractivity contribution in [2.24, 2.45) is 22.9 Å². The zero-order valence-corrected chi connectivity index (χ0v) is 17.9. The van der Waals surface area contributed by atoms with Crippen molar-refractivity contribution in [3.05, 3.63) is 0 Å². The summed E-state index contributed by atoms with van der Waals surface area (Å²) in [6.07, 6.45) is -16.4. The van der Waals surface area contributed by atoms with Crippen molar-refractivity contribution in [1.29, 1.82) is 0 Å². The molecule has 2 aliphatic heterocycles. The molecule has 3 rings (SSSR count). The molecule has 2 heterocycles. The molecule has 1 aliphatic carbocycles. The second-order valence-electron chi connectivity index (χ2n) is 8.79. The number of hydrogen-bond acceptors (Lipinski definition) is 15. The van der Waals surface area contributed by atoms with Crippen LogP contribution < -0.4 is 22.9 Å². The van der Waals surface area contributed by atoms with Gasteiger partial charge in [0, 0.05) is 18.6 Å². The summed E-state index contributed by atoms with van der Waals surface area (Å²) in [7, 11) is 0. The van der Waals surface area contributed by atoms with Gasteiger partial charge in [0.05, 0.1) is 12.6 Å². The Morgan fingerprint density at radius 1 is 0.667 bits per heavy atom. The molecule has 2 saturated heterocycles. The molecule has 15 atom stereocenters. The van der Waals surface area contributed by atoms with Gasteiger partial charge in [-0.05, 0) is 6.42 Å². The fourth-order valence-electron chi connectivity index (χ4n) is 4.40. The Hall–Kier alpha value is -0.600. The average molecular weight is 485 g/mol. The molecule has 15 heteroatoms. The summed E-state index contributed by atoms with van der Waals surface area (Å²) in [6.45, 7) is -0.786. The van der Waals surface area contributed by atoms with Gasteiger partial charge < -0.3 is 77.6 Å². The summed E-state index contributed by atoms with van der Waals surface area (Å²) in [4.78, 5) is 0.